The molecule has 0 bridgehead atoms. The largest absolute Gasteiger partial charge is 0.493 e. The smallest absolute Gasteiger partial charge is 0.328 e. The topological polar surface area (TPSA) is 46.5 Å². The van der Waals surface area contributed by atoms with Gasteiger partial charge in [0.15, 0.2) is 0 Å². The monoisotopic (exact) mass is 248 g/mol. The van der Waals surface area contributed by atoms with Gasteiger partial charge in [-0.1, -0.05) is 32.0 Å². The van der Waals surface area contributed by atoms with Crippen molar-refractivity contribution in [3.8, 4) is 5.75 Å². The first-order valence-corrected chi connectivity index (χ1v) is 6.22. The Hall–Kier alpha value is -1.77. The molecule has 0 aliphatic carbocycles. The summed E-state index contributed by atoms with van der Waals surface area (Å²) in [6, 6.07) is 7.45. The van der Waals surface area contributed by atoms with Crippen LogP contribution in [0.2, 0.25) is 0 Å². The van der Waals surface area contributed by atoms with Crippen LogP contribution in [0.4, 0.5) is 0 Å². The van der Waals surface area contributed by atoms with E-state index in [-0.39, 0.29) is 0 Å². The zero-order valence-corrected chi connectivity index (χ0v) is 10.9. The van der Waals surface area contributed by atoms with E-state index in [4.69, 9.17) is 9.84 Å². The van der Waals surface area contributed by atoms with Crippen LogP contribution in [0.3, 0.4) is 0 Å². The highest BCUT2D eigenvalue weighted by atomic mass is 16.5. The van der Waals surface area contributed by atoms with Crippen molar-refractivity contribution in [3.05, 3.63) is 35.9 Å². The molecule has 0 radical (unpaired) electrons. The zero-order chi connectivity index (χ0) is 13.4. The minimum atomic E-state index is -0.954. The third kappa shape index (κ3) is 5.53. The Morgan fingerprint density at radius 1 is 1.39 bits per heavy atom. The van der Waals surface area contributed by atoms with E-state index < -0.39 is 5.97 Å². The predicted octanol–water partition coefficient (Wildman–Crippen LogP) is 3.60. The van der Waals surface area contributed by atoms with Gasteiger partial charge in [0.05, 0.1) is 6.61 Å². The molecule has 0 amide bonds. The number of carbonyl (C=O) groups is 1. The zero-order valence-electron chi connectivity index (χ0n) is 10.9. The van der Waals surface area contributed by atoms with Crippen LogP contribution in [0.1, 0.15) is 32.3 Å². The summed E-state index contributed by atoms with van der Waals surface area (Å²) in [4.78, 5) is 10.5. The van der Waals surface area contributed by atoms with Crippen molar-refractivity contribution in [1.82, 2.24) is 0 Å². The normalized spacial score (nSPS) is 11.1. The number of para-hydroxylation sites is 1. The van der Waals surface area contributed by atoms with Crippen LogP contribution < -0.4 is 4.74 Å². The quantitative estimate of drug-likeness (QED) is 0.592. The number of hydrogen-bond donors (Lipinski definition) is 1. The molecule has 0 unspecified atom stereocenters. The van der Waals surface area contributed by atoms with Crippen LogP contribution in [0.25, 0.3) is 6.08 Å². The van der Waals surface area contributed by atoms with Crippen LogP contribution >= 0.6 is 0 Å². The summed E-state index contributed by atoms with van der Waals surface area (Å²) in [5.41, 5.74) is 0.796. The highest BCUT2D eigenvalue weighted by molar-refractivity contribution is 5.85. The van der Waals surface area contributed by atoms with E-state index in [1.165, 1.54) is 0 Å². The second-order valence-electron chi connectivity index (χ2n) is 4.59. The third-order valence-electron chi connectivity index (χ3n) is 2.51. The average molecular weight is 248 g/mol. The molecule has 1 aromatic rings. The molecule has 0 fully saturated rings. The molecule has 1 N–H and O–H groups in total. The second-order valence-corrected chi connectivity index (χ2v) is 4.59. The molecular weight excluding hydrogens is 228 g/mol. The Balaban J connectivity index is 2.56. The summed E-state index contributed by atoms with van der Waals surface area (Å²) in [5.74, 6) is 0.458. The number of rotatable bonds is 7. The Bertz CT molecular complexity index is 408. The summed E-state index contributed by atoms with van der Waals surface area (Å²) in [5, 5.41) is 8.61. The first-order valence-electron chi connectivity index (χ1n) is 6.22. The minimum Gasteiger partial charge on any atom is -0.493 e. The summed E-state index contributed by atoms with van der Waals surface area (Å²) < 4.78 is 5.68. The van der Waals surface area contributed by atoms with Crippen LogP contribution in [0, 0.1) is 5.92 Å². The Morgan fingerprint density at radius 3 is 2.78 bits per heavy atom. The van der Waals surface area contributed by atoms with Crippen molar-refractivity contribution >= 4 is 12.0 Å². The van der Waals surface area contributed by atoms with E-state index in [1.807, 2.05) is 24.3 Å². The highest BCUT2D eigenvalue weighted by Crippen LogP contribution is 2.20. The first-order chi connectivity index (χ1) is 8.59. The molecule has 98 valence electrons. The van der Waals surface area contributed by atoms with Gasteiger partial charge in [-0.3, -0.25) is 0 Å². The standard InChI is InChI=1S/C15H20O3/c1-12(2)6-5-11-18-14-8-4-3-7-13(14)9-10-15(16)17/h3-4,7-10,12H,5-6,11H2,1-2H3,(H,16,17)/b10-9+. The lowest BCUT2D eigenvalue weighted by atomic mass is 10.1. The fourth-order valence-electron chi connectivity index (χ4n) is 1.58. The van der Waals surface area contributed by atoms with Crippen molar-refractivity contribution in [2.24, 2.45) is 5.92 Å². The number of aliphatic carboxylic acids is 1. The van der Waals surface area contributed by atoms with Gasteiger partial charge in [-0.05, 0) is 30.9 Å². The van der Waals surface area contributed by atoms with E-state index in [0.29, 0.717) is 12.5 Å². The maximum absolute atomic E-state index is 10.5. The van der Waals surface area contributed by atoms with Gasteiger partial charge in [0.25, 0.3) is 0 Å². The van der Waals surface area contributed by atoms with Gasteiger partial charge in [0.2, 0.25) is 0 Å². The van der Waals surface area contributed by atoms with E-state index in [1.54, 1.807) is 6.08 Å². The fourth-order valence-corrected chi connectivity index (χ4v) is 1.58. The molecule has 0 saturated carbocycles. The average Bonchev–Trinajstić information content (AvgIpc) is 2.33. The molecule has 0 aliphatic heterocycles. The van der Waals surface area contributed by atoms with Crippen LogP contribution in [-0.4, -0.2) is 17.7 Å². The van der Waals surface area contributed by atoms with Gasteiger partial charge in [-0.2, -0.15) is 0 Å². The SMILES string of the molecule is CC(C)CCCOc1ccccc1/C=C/C(=O)O. The minimum absolute atomic E-state index is 0.663. The predicted molar refractivity (Wildman–Crippen MR) is 72.7 cm³/mol. The number of benzene rings is 1. The number of ether oxygens (including phenoxy) is 1. The summed E-state index contributed by atoms with van der Waals surface area (Å²) in [6.07, 6.45) is 4.82. The van der Waals surface area contributed by atoms with Gasteiger partial charge in [0.1, 0.15) is 5.75 Å². The molecule has 3 nitrogen and oxygen atoms in total. The maximum Gasteiger partial charge on any atom is 0.328 e. The highest BCUT2D eigenvalue weighted by Gasteiger charge is 2.01. The summed E-state index contributed by atoms with van der Waals surface area (Å²) in [7, 11) is 0. The molecule has 0 saturated heterocycles. The van der Waals surface area contributed by atoms with E-state index in [0.717, 1.165) is 30.2 Å². The first kappa shape index (κ1) is 14.3. The van der Waals surface area contributed by atoms with Gasteiger partial charge in [-0.25, -0.2) is 4.79 Å². The van der Waals surface area contributed by atoms with Crippen molar-refractivity contribution in [1.29, 1.82) is 0 Å². The van der Waals surface area contributed by atoms with Gasteiger partial charge in [-0.15, -0.1) is 0 Å². The van der Waals surface area contributed by atoms with E-state index in [2.05, 4.69) is 13.8 Å². The number of carboxylic acid groups (broad SMARTS) is 1. The lowest BCUT2D eigenvalue weighted by molar-refractivity contribution is -0.131. The van der Waals surface area contributed by atoms with E-state index in [9.17, 15) is 4.79 Å². The Kier molecular flexibility index (Phi) is 5.98. The Morgan fingerprint density at radius 2 is 2.11 bits per heavy atom. The maximum atomic E-state index is 10.5. The van der Waals surface area contributed by atoms with Crippen LogP contribution in [0.15, 0.2) is 30.3 Å². The second kappa shape index (κ2) is 7.54. The molecule has 0 aliphatic rings. The molecule has 1 rings (SSSR count). The molecule has 0 atom stereocenters. The van der Waals surface area contributed by atoms with Gasteiger partial charge < -0.3 is 9.84 Å². The molecule has 0 aromatic heterocycles. The fraction of sp³-hybridized carbons (Fsp3) is 0.400. The lowest BCUT2D eigenvalue weighted by Crippen LogP contribution is -2.00. The summed E-state index contributed by atoms with van der Waals surface area (Å²) in [6.45, 7) is 5.03. The molecule has 0 spiro atoms. The molecule has 0 heterocycles. The number of carboxylic acids is 1. The van der Waals surface area contributed by atoms with Gasteiger partial charge >= 0.3 is 5.97 Å². The van der Waals surface area contributed by atoms with Gasteiger partial charge in [0, 0.05) is 11.6 Å². The van der Waals surface area contributed by atoms with Crippen LogP contribution in [-0.2, 0) is 4.79 Å². The molecule has 1 aromatic carbocycles. The van der Waals surface area contributed by atoms with Crippen molar-refractivity contribution in [2.75, 3.05) is 6.61 Å². The Labute approximate surface area is 108 Å². The summed E-state index contributed by atoms with van der Waals surface area (Å²) >= 11 is 0. The van der Waals surface area contributed by atoms with Crippen molar-refractivity contribution in [2.45, 2.75) is 26.7 Å². The molecule has 3 heteroatoms. The van der Waals surface area contributed by atoms with Crippen molar-refractivity contribution in [3.63, 3.8) is 0 Å². The van der Waals surface area contributed by atoms with Crippen LogP contribution in [0.5, 0.6) is 5.75 Å². The lowest BCUT2D eigenvalue weighted by Gasteiger charge is -2.09. The molecule has 18 heavy (non-hydrogen) atoms. The van der Waals surface area contributed by atoms with E-state index >= 15 is 0 Å². The molecular formula is C15H20O3. The van der Waals surface area contributed by atoms with Crippen molar-refractivity contribution < 1.29 is 14.6 Å². The number of hydrogen-bond acceptors (Lipinski definition) is 2. The third-order valence-corrected chi connectivity index (χ3v) is 2.51.